The number of rotatable bonds is 5. The summed E-state index contributed by atoms with van der Waals surface area (Å²) in [5.74, 6) is 1.33. The van der Waals surface area contributed by atoms with E-state index in [9.17, 15) is 4.79 Å². The Hall–Kier alpha value is -3.67. The van der Waals surface area contributed by atoms with Crippen LogP contribution in [0, 0.1) is 13.8 Å². The Morgan fingerprint density at radius 3 is 2.54 bits per heavy atom. The summed E-state index contributed by atoms with van der Waals surface area (Å²) < 4.78 is 7.02. The summed E-state index contributed by atoms with van der Waals surface area (Å²) in [6, 6.07) is 17.2. The van der Waals surface area contributed by atoms with Crippen LogP contribution in [-0.2, 0) is 6.54 Å². The van der Waals surface area contributed by atoms with E-state index in [0.29, 0.717) is 23.8 Å². The molecule has 140 valence electrons. The highest BCUT2D eigenvalue weighted by Crippen LogP contribution is 2.28. The molecule has 0 saturated heterocycles. The van der Waals surface area contributed by atoms with E-state index in [1.807, 2.05) is 74.6 Å². The predicted octanol–water partition coefficient (Wildman–Crippen LogP) is 4.31. The highest BCUT2D eigenvalue weighted by atomic mass is 16.5. The first-order valence-electron chi connectivity index (χ1n) is 9.01. The number of nitrogens with zero attached hydrogens (tertiary/aromatic N) is 3. The van der Waals surface area contributed by atoms with Gasteiger partial charge in [-0.15, -0.1) is 0 Å². The van der Waals surface area contributed by atoms with E-state index in [1.165, 1.54) is 0 Å². The van der Waals surface area contributed by atoms with E-state index < -0.39 is 0 Å². The molecule has 4 aromatic rings. The maximum atomic E-state index is 13.1. The third-order valence-electron chi connectivity index (χ3n) is 4.53. The SMILES string of the molecule is Cc1noc(C)c1-c1cc(Nc2ccccn2)c(=O)n(Cc2ccccc2)c1. The normalized spacial score (nSPS) is 10.8. The Morgan fingerprint density at radius 2 is 1.86 bits per heavy atom. The molecule has 0 amide bonds. The van der Waals surface area contributed by atoms with Crippen molar-refractivity contribution in [2.24, 2.45) is 0 Å². The van der Waals surface area contributed by atoms with Crippen molar-refractivity contribution >= 4 is 11.5 Å². The molecule has 0 aliphatic carbocycles. The number of benzene rings is 1. The zero-order valence-corrected chi connectivity index (χ0v) is 15.7. The number of aryl methyl sites for hydroxylation is 2. The van der Waals surface area contributed by atoms with Crippen molar-refractivity contribution in [2.45, 2.75) is 20.4 Å². The van der Waals surface area contributed by atoms with E-state index in [-0.39, 0.29) is 5.56 Å². The van der Waals surface area contributed by atoms with Gasteiger partial charge in [0.05, 0.1) is 12.2 Å². The van der Waals surface area contributed by atoms with Gasteiger partial charge in [-0.1, -0.05) is 41.6 Å². The first kappa shape index (κ1) is 17.7. The third-order valence-corrected chi connectivity index (χ3v) is 4.53. The number of nitrogens with one attached hydrogen (secondary N) is 1. The lowest BCUT2D eigenvalue weighted by molar-refractivity contribution is 0.393. The van der Waals surface area contributed by atoms with Crippen LogP contribution in [-0.4, -0.2) is 14.7 Å². The van der Waals surface area contributed by atoms with E-state index in [2.05, 4.69) is 15.5 Å². The average molecular weight is 372 g/mol. The van der Waals surface area contributed by atoms with Gasteiger partial charge in [0.1, 0.15) is 17.3 Å². The molecule has 6 heteroatoms. The van der Waals surface area contributed by atoms with Gasteiger partial charge in [0.25, 0.3) is 5.56 Å². The molecule has 0 fully saturated rings. The molecule has 0 aliphatic heterocycles. The van der Waals surface area contributed by atoms with Gasteiger partial charge in [-0.2, -0.15) is 0 Å². The van der Waals surface area contributed by atoms with Crippen molar-refractivity contribution in [1.82, 2.24) is 14.7 Å². The van der Waals surface area contributed by atoms with Crippen LogP contribution in [0.4, 0.5) is 11.5 Å². The summed E-state index contributed by atoms with van der Waals surface area (Å²) in [7, 11) is 0. The quantitative estimate of drug-likeness (QED) is 0.565. The Labute approximate surface area is 162 Å². The molecular weight excluding hydrogens is 352 g/mol. The van der Waals surface area contributed by atoms with Gasteiger partial charge in [0.15, 0.2) is 0 Å². The number of hydrogen-bond donors (Lipinski definition) is 1. The fourth-order valence-electron chi connectivity index (χ4n) is 3.23. The van der Waals surface area contributed by atoms with Crippen LogP contribution in [0.25, 0.3) is 11.1 Å². The molecule has 0 bridgehead atoms. The highest BCUT2D eigenvalue weighted by Gasteiger charge is 2.16. The molecule has 0 unspecified atom stereocenters. The van der Waals surface area contributed by atoms with Crippen molar-refractivity contribution in [3.63, 3.8) is 0 Å². The molecule has 3 heterocycles. The van der Waals surface area contributed by atoms with Crippen molar-refractivity contribution in [3.05, 3.63) is 94.4 Å². The molecule has 0 aliphatic rings. The predicted molar refractivity (Wildman–Crippen MR) is 109 cm³/mol. The summed E-state index contributed by atoms with van der Waals surface area (Å²) in [6.07, 6.45) is 3.54. The summed E-state index contributed by atoms with van der Waals surface area (Å²) in [5.41, 5.74) is 3.92. The van der Waals surface area contributed by atoms with Crippen molar-refractivity contribution in [3.8, 4) is 11.1 Å². The maximum Gasteiger partial charge on any atom is 0.274 e. The van der Waals surface area contributed by atoms with Crippen LogP contribution in [0.5, 0.6) is 0 Å². The lowest BCUT2D eigenvalue weighted by atomic mass is 10.1. The Bertz CT molecular complexity index is 1060. The van der Waals surface area contributed by atoms with Crippen LogP contribution in [0.2, 0.25) is 0 Å². The van der Waals surface area contributed by atoms with Gasteiger partial charge in [0.2, 0.25) is 0 Å². The number of aromatic nitrogens is 3. The molecule has 28 heavy (non-hydrogen) atoms. The third kappa shape index (κ3) is 3.57. The first-order valence-corrected chi connectivity index (χ1v) is 9.01. The fourth-order valence-corrected chi connectivity index (χ4v) is 3.23. The van der Waals surface area contributed by atoms with Crippen LogP contribution < -0.4 is 10.9 Å². The molecule has 0 spiro atoms. The Morgan fingerprint density at radius 1 is 1.07 bits per heavy atom. The van der Waals surface area contributed by atoms with E-state index in [0.717, 1.165) is 22.4 Å². The van der Waals surface area contributed by atoms with Crippen molar-refractivity contribution in [1.29, 1.82) is 0 Å². The minimum atomic E-state index is -0.120. The fraction of sp³-hybridized carbons (Fsp3) is 0.136. The van der Waals surface area contributed by atoms with Gasteiger partial charge in [-0.3, -0.25) is 4.79 Å². The van der Waals surface area contributed by atoms with Gasteiger partial charge in [-0.25, -0.2) is 4.98 Å². The number of hydrogen-bond acceptors (Lipinski definition) is 5. The van der Waals surface area contributed by atoms with Gasteiger partial charge in [-0.05, 0) is 37.6 Å². The van der Waals surface area contributed by atoms with E-state index >= 15 is 0 Å². The minimum absolute atomic E-state index is 0.120. The van der Waals surface area contributed by atoms with Gasteiger partial charge < -0.3 is 14.4 Å². The van der Waals surface area contributed by atoms with E-state index in [4.69, 9.17) is 4.52 Å². The van der Waals surface area contributed by atoms with Crippen molar-refractivity contribution in [2.75, 3.05) is 5.32 Å². The second-order valence-electron chi connectivity index (χ2n) is 6.60. The minimum Gasteiger partial charge on any atom is -0.361 e. The number of pyridine rings is 2. The molecular formula is C22H20N4O2. The molecule has 4 rings (SSSR count). The van der Waals surface area contributed by atoms with Crippen LogP contribution >= 0.6 is 0 Å². The van der Waals surface area contributed by atoms with E-state index in [1.54, 1.807) is 10.8 Å². The lowest BCUT2D eigenvalue weighted by Crippen LogP contribution is -2.23. The van der Waals surface area contributed by atoms with Crippen LogP contribution in [0.1, 0.15) is 17.0 Å². The topological polar surface area (TPSA) is 73.0 Å². The van der Waals surface area contributed by atoms with Gasteiger partial charge >= 0.3 is 0 Å². The Balaban J connectivity index is 1.84. The smallest absolute Gasteiger partial charge is 0.274 e. The van der Waals surface area contributed by atoms with Crippen LogP contribution in [0.3, 0.4) is 0 Å². The molecule has 0 atom stereocenters. The first-order chi connectivity index (χ1) is 13.6. The molecule has 0 saturated carbocycles. The largest absolute Gasteiger partial charge is 0.361 e. The zero-order valence-electron chi connectivity index (χ0n) is 15.7. The summed E-state index contributed by atoms with van der Waals surface area (Å²) in [6.45, 7) is 4.23. The molecule has 3 aromatic heterocycles. The highest BCUT2D eigenvalue weighted by molar-refractivity contribution is 5.71. The second-order valence-corrected chi connectivity index (χ2v) is 6.60. The molecule has 1 N–H and O–H groups in total. The van der Waals surface area contributed by atoms with Crippen molar-refractivity contribution < 1.29 is 4.52 Å². The molecule has 1 aromatic carbocycles. The lowest BCUT2D eigenvalue weighted by Gasteiger charge is -2.13. The van der Waals surface area contributed by atoms with Gasteiger partial charge in [0, 0.05) is 23.5 Å². The average Bonchev–Trinajstić information content (AvgIpc) is 3.05. The molecule has 0 radical (unpaired) electrons. The standard InChI is InChI=1S/C22H20N4O2/c1-15-21(16(2)28-25-15)18-12-19(24-20-10-6-7-11-23-20)22(27)26(14-18)13-17-8-4-3-5-9-17/h3-12,14H,13H2,1-2H3,(H,23,24). The summed E-state index contributed by atoms with van der Waals surface area (Å²) in [5, 5.41) is 7.19. The second kappa shape index (κ2) is 7.52. The molecule has 6 nitrogen and oxygen atoms in total. The maximum absolute atomic E-state index is 13.1. The number of anilines is 2. The zero-order chi connectivity index (χ0) is 19.5. The Kier molecular flexibility index (Phi) is 4.76. The van der Waals surface area contributed by atoms with Crippen LogP contribution in [0.15, 0.2) is 76.3 Å². The summed E-state index contributed by atoms with van der Waals surface area (Å²) >= 11 is 0. The monoisotopic (exact) mass is 372 g/mol. The summed E-state index contributed by atoms with van der Waals surface area (Å²) in [4.78, 5) is 17.4.